The number of sulfonamides is 1. The van der Waals surface area contributed by atoms with Crippen LogP contribution in [0.1, 0.15) is 29.3 Å². The fourth-order valence-electron chi connectivity index (χ4n) is 2.24. The molecule has 2 aromatic rings. The van der Waals surface area contributed by atoms with E-state index in [1.807, 2.05) is 43.5 Å². The lowest BCUT2D eigenvalue weighted by atomic mass is 10.2. The highest BCUT2D eigenvalue weighted by atomic mass is 32.2. The molecule has 1 aromatic carbocycles. The van der Waals surface area contributed by atoms with Crippen molar-refractivity contribution in [3.63, 3.8) is 0 Å². The third-order valence-electron chi connectivity index (χ3n) is 3.67. The highest BCUT2D eigenvalue weighted by molar-refractivity contribution is 7.89. The molecule has 3 N–H and O–H groups in total. The lowest BCUT2D eigenvalue weighted by molar-refractivity contribution is 0.580. The Hall–Kier alpha value is -1.97. The molecule has 2 rings (SSSR count). The molecule has 0 aliphatic heterocycles. The number of aliphatic imine (C=N–C) groups is 1. The quantitative estimate of drug-likeness (QED) is 0.411. The van der Waals surface area contributed by atoms with Crippen molar-refractivity contribution < 1.29 is 8.42 Å². The molecule has 0 atom stereocenters. The van der Waals surface area contributed by atoms with E-state index in [0.717, 1.165) is 17.0 Å². The number of nitrogens with one attached hydrogen (secondary N) is 3. The highest BCUT2D eigenvalue weighted by Gasteiger charge is 2.10. The SMILES string of the molecule is CCNC(=NCc1ncc(CC)s1)NCCS(=O)(=O)NCc1ccccc1. The van der Waals surface area contributed by atoms with Crippen molar-refractivity contribution in [2.45, 2.75) is 33.4 Å². The van der Waals surface area contributed by atoms with Crippen molar-refractivity contribution in [1.29, 1.82) is 0 Å². The van der Waals surface area contributed by atoms with Crippen LogP contribution in [-0.2, 0) is 29.5 Å². The molecule has 0 saturated carbocycles. The summed E-state index contributed by atoms with van der Waals surface area (Å²) in [4.78, 5) is 10.0. The third-order valence-corrected chi connectivity index (χ3v) is 6.12. The Balaban J connectivity index is 1.80. The fraction of sp³-hybridized carbons (Fsp3) is 0.444. The highest BCUT2D eigenvalue weighted by Crippen LogP contribution is 2.13. The van der Waals surface area contributed by atoms with Gasteiger partial charge >= 0.3 is 0 Å². The Kier molecular flexibility index (Phi) is 8.70. The molecule has 0 aliphatic rings. The summed E-state index contributed by atoms with van der Waals surface area (Å²) in [7, 11) is -3.36. The van der Waals surface area contributed by atoms with Gasteiger partial charge in [-0.2, -0.15) is 0 Å². The average Bonchev–Trinajstić information content (AvgIpc) is 3.13. The van der Waals surface area contributed by atoms with Crippen molar-refractivity contribution in [3.8, 4) is 0 Å². The monoisotopic (exact) mass is 409 g/mol. The van der Waals surface area contributed by atoms with Gasteiger partial charge in [-0.05, 0) is 18.9 Å². The number of nitrogens with zero attached hydrogens (tertiary/aromatic N) is 2. The molecule has 7 nitrogen and oxygen atoms in total. The first-order valence-electron chi connectivity index (χ1n) is 8.99. The average molecular weight is 410 g/mol. The number of hydrogen-bond acceptors (Lipinski definition) is 5. The Labute approximate surface area is 165 Å². The van der Waals surface area contributed by atoms with E-state index < -0.39 is 10.0 Å². The molecule has 0 bridgehead atoms. The van der Waals surface area contributed by atoms with Gasteiger partial charge in [0.2, 0.25) is 10.0 Å². The number of aromatic nitrogens is 1. The van der Waals surface area contributed by atoms with Crippen molar-refractivity contribution >= 4 is 27.3 Å². The van der Waals surface area contributed by atoms with Crippen LogP contribution in [0.3, 0.4) is 0 Å². The number of hydrogen-bond donors (Lipinski definition) is 3. The number of guanidine groups is 1. The van der Waals surface area contributed by atoms with E-state index in [4.69, 9.17) is 0 Å². The molecular formula is C18H27N5O2S2. The summed E-state index contributed by atoms with van der Waals surface area (Å²) < 4.78 is 26.9. The number of thiazole rings is 1. The van der Waals surface area contributed by atoms with E-state index >= 15 is 0 Å². The van der Waals surface area contributed by atoms with Gasteiger partial charge in [0.25, 0.3) is 0 Å². The molecule has 1 aromatic heterocycles. The summed E-state index contributed by atoms with van der Waals surface area (Å²) in [6, 6.07) is 9.45. The van der Waals surface area contributed by atoms with Crippen LogP contribution in [0.2, 0.25) is 0 Å². The first-order valence-corrected chi connectivity index (χ1v) is 11.5. The number of benzene rings is 1. The predicted molar refractivity (Wildman–Crippen MR) is 111 cm³/mol. The maximum absolute atomic E-state index is 12.1. The molecular weight excluding hydrogens is 382 g/mol. The summed E-state index contributed by atoms with van der Waals surface area (Å²) in [5, 5.41) is 7.13. The lowest BCUT2D eigenvalue weighted by Gasteiger charge is -2.12. The van der Waals surface area contributed by atoms with Crippen LogP contribution in [0.15, 0.2) is 41.5 Å². The second kappa shape index (κ2) is 11.0. The summed E-state index contributed by atoms with van der Waals surface area (Å²) in [6.07, 6.45) is 2.84. The number of aryl methyl sites for hydroxylation is 1. The largest absolute Gasteiger partial charge is 0.357 e. The molecule has 0 unspecified atom stereocenters. The van der Waals surface area contributed by atoms with Gasteiger partial charge < -0.3 is 10.6 Å². The molecule has 27 heavy (non-hydrogen) atoms. The molecule has 9 heteroatoms. The van der Waals surface area contributed by atoms with Crippen LogP contribution in [0, 0.1) is 0 Å². The summed E-state index contributed by atoms with van der Waals surface area (Å²) in [6.45, 7) is 5.80. The second-order valence-corrected chi connectivity index (χ2v) is 8.95. The van der Waals surface area contributed by atoms with Crippen LogP contribution >= 0.6 is 11.3 Å². The van der Waals surface area contributed by atoms with Gasteiger partial charge in [0.05, 0.1) is 12.3 Å². The van der Waals surface area contributed by atoms with E-state index in [0.29, 0.717) is 25.6 Å². The molecule has 0 saturated heterocycles. The number of rotatable bonds is 10. The first-order chi connectivity index (χ1) is 13.0. The third kappa shape index (κ3) is 8.06. The Bertz CT molecular complexity index is 819. The molecule has 1 heterocycles. The lowest BCUT2D eigenvalue weighted by Crippen LogP contribution is -2.41. The maximum atomic E-state index is 12.1. The van der Waals surface area contributed by atoms with E-state index in [1.165, 1.54) is 4.88 Å². The Morgan fingerprint density at radius 1 is 1.19 bits per heavy atom. The molecule has 0 spiro atoms. The van der Waals surface area contributed by atoms with Gasteiger partial charge in [-0.1, -0.05) is 37.3 Å². The van der Waals surface area contributed by atoms with Gasteiger partial charge in [0.1, 0.15) is 5.01 Å². The minimum atomic E-state index is -3.36. The van der Waals surface area contributed by atoms with Crippen LogP contribution in [0.4, 0.5) is 0 Å². The van der Waals surface area contributed by atoms with E-state index in [2.05, 4.69) is 32.3 Å². The van der Waals surface area contributed by atoms with E-state index in [1.54, 1.807) is 11.3 Å². The smallest absolute Gasteiger partial charge is 0.213 e. The Morgan fingerprint density at radius 2 is 1.96 bits per heavy atom. The van der Waals surface area contributed by atoms with E-state index in [9.17, 15) is 8.42 Å². The fourth-order valence-corrected chi connectivity index (χ4v) is 3.93. The summed E-state index contributed by atoms with van der Waals surface area (Å²) in [5.74, 6) is 0.561. The van der Waals surface area contributed by atoms with Crippen molar-refractivity contribution in [3.05, 3.63) is 52.0 Å². The first kappa shape index (κ1) is 21.3. The van der Waals surface area contributed by atoms with Crippen LogP contribution in [0.5, 0.6) is 0 Å². The van der Waals surface area contributed by atoms with Gasteiger partial charge in [-0.15, -0.1) is 11.3 Å². The Morgan fingerprint density at radius 3 is 2.63 bits per heavy atom. The van der Waals surface area contributed by atoms with Crippen molar-refractivity contribution in [2.75, 3.05) is 18.8 Å². The standard InChI is InChI=1S/C18H27N5O2S2/c1-3-16-13-21-17(26-16)14-22-18(19-4-2)20-10-11-27(24,25)23-12-15-8-6-5-7-9-15/h5-9,13,23H,3-4,10-12,14H2,1-2H3,(H2,19,20,22). The molecule has 0 amide bonds. The topological polar surface area (TPSA) is 95.5 Å². The zero-order valence-electron chi connectivity index (χ0n) is 15.7. The van der Waals surface area contributed by atoms with Crippen molar-refractivity contribution in [2.24, 2.45) is 4.99 Å². The molecule has 0 fully saturated rings. The molecule has 0 aliphatic carbocycles. The summed E-state index contributed by atoms with van der Waals surface area (Å²) >= 11 is 1.65. The van der Waals surface area contributed by atoms with Gasteiger partial charge in [0.15, 0.2) is 5.96 Å². The molecule has 148 valence electrons. The normalized spacial score (nSPS) is 12.1. The molecule has 0 radical (unpaired) electrons. The zero-order valence-corrected chi connectivity index (χ0v) is 17.4. The van der Waals surface area contributed by atoms with Gasteiger partial charge in [0, 0.05) is 30.7 Å². The van der Waals surface area contributed by atoms with Crippen molar-refractivity contribution in [1.82, 2.24) is 20.3 Å². The van der Waals surface area contributed by atoms with Crippen LogP contribution in [0.25, 0.3) is 0 Å². The maximum Gasteiger partial charge on any atom is 0.213 e. The van der Waals surface area contributed by atoms with Crippen LogP contribution in [-0.4, -0.2) is 38.2 Å². The van der Waals surface area contributed by atoms with Crippen LogP contribution < -0.4 is 15.4 Å². The van der Waals surface area contributed by atoms with E-state index in [-0.39, 0.29) is 12.3 Å². The minimum Gasteiger partial charge on any atom is -0.357 e. The van der Waals surface area contributed by atoms with Gasteiger partial charge in [-0.25, -0.2) is 23.1 Å². The zero-order chi connectivity index (χ0) is 19.5. The second-order valence-electron chi connectivity index (χ2n) is 5.82. The predicted octanol–water partition coefficient (Wildman–Crippen LogP) is 1.88. The summed E-state index contributed by atoms with van der Waals surface area (Å²) in [5.41, 5.74) is 0.929. The minimum absolute atomic E-state index is 0.0263. The van der Waals surface area contributed by atoms with Gasteiger partial charge in [-0.3, -0.25) is 0 Å².